The third kappa shape index (κ3) is 5.73. The number of anilines is 1. The second-order valence-electron chi connectivity index (χ2n) is 7.09. The molecule has 150 valence electrons. The van der Waals surface area contributed by atoms with Crippen LogP contribution in [0.5, 0.6) is 5.75 Å². The number of benzene rings is 1. The smallest absolute Gasteiger partial charge is 0.387 e. The molecule has 0 atom stereocenters. The molecule has 1 heterocycles. The van der Waals surface area contributed by atoms with Crippen LogP contribution < -0.4 is 15.4 Å². The van der Waals surface area contributed by atoms with Gasteiger partial charge in [-0.25, -0.2) is 0 Å². The molecule has 8 heteroatoms. The highest BCUT2D eigenvalue weighted by Gasteiger charge is 2.38. The number of nitrogens with zero attached hydrogens (tertiary/aromatic N) is 1. The summed E-state index contributed by atoms with van der Waals surface area (Å²) in [6.45, 7) is 1.49. The van der Waals surface area contributed by atoms with Crippen molar-refractivity contribution >= 4 is 23.0 Å². The first-order chi connectivity index (χ1) is 13.1. The van der Waals surface area contributed by atoms with Gasteiger partial charge in [-0.05, 0) is 49.3 Å². The van der Waals surface area contributed by atoms with Gasteiger partial charge in [-0.2, -0.15) is 8.78 Å². The lowest BCUT2D eigenvalue weighted by Gasteiger charge is -2.48. The second-order valence-corrected chi connectivity index (χ2v) is 7.50. The number of thiocarbonyl (C=S) groups is 1. The molecule has 5 nitrogen and oxygen atoms in total. The highest BCUT2D eigenvalue weighted by molar-refractivity contribution is 7.80. The summed E-state index contributed by atoms with van der Waals surface area (Å²) in [6.07, 6.45) is 6.11. The molecular weight excluding hydrogens is 372 g/mol. The topological polar surface area (TPSA) is 45.8 Å². The van der Waals surface area contributed by atoms with Gasteiger partial charge in [0.1, 0.15) is 5.75 Å². The number of nitrogens with one attached hydrogen (secondary N) is 2. The Labute approximate surface area is 164 Å². The molecule has 0 spiro atoms. The van der Waals surface area contributed by atoms with Gasteiger partial charge in [0.2, 0.25) is 0 Å². The Morgan fingerprint density at radius 3 is 2.44 bits per heavy atom. The van der Waals surface area contributed by atoms with E-state index in [-0.39, 0.29) is 11.3 Å². The predicted octanol–water partition coefficient (Wildman–Crippen LogP) is 3.61. The molecule has 0 radical (unpaired) electrons. The number of alkyl halides is 2. The molecule has 0 aromatic heterocycles. The van der Waals surface area contributed by atoms with Crippen LogP contribution in [0.15, 0.2) is 24.3 Å². The molecule has 2 fully saturated rings. The second kappa shape index (κ2) is 9.61. The number of hydrogen-bond donors (Lipinski definition) is 2. The summed E-state index contributed by atoms with van der Waals surface area (Å²) in [6, 6.07) is 6.33. The van der Waals surface area contributed by atoms with Gasteiger partial charge in [0.05, 0.1) is 13.2 Å². The molecule has 2 N–H and O–H groups in total. The average Bonchev–Trinajstić information content (AvgIpc) is 2.69. The van der Waals surface area contributed by atoms with Crippen molar-refractivity contribution in [3.63, 3.8) is 0 Å². The first kappa shape index (κ1) is 20.2. The summed E-state index contributed by atoms with van der Waals surface area (Å²) in [4.78, 5) is 2.56. The van der Waals surface area contributed by atoms with Gasteiger partial charge in [0.25, 0.3) is 0 Å². The minimum atomic E-state index is -2.82. The van der Waals surface area contributed by atoms with Crippen LogP contribution in [-0.2, 0) is 4.74 Å². The van der Waals surface area contributed by atoms with Gasteiger partial charge in [0.15, 0.2) is 5.11 Å². The highest BCUT2D eigenvalue weighted by Crippen LogP contribution is 2.33. The van der Waals surface area contributed by atoms with E-state index in [4.69, 9.17) is 17.0 Å². The Bertz CT molecular complexity index is 603. The molecule has 0 unspecified atom stereocenters. The monoisotopic (exact) mass is 399 g/mol. The molecule has 2 aliphatic rings. The van der Waals surface area contributed by atoms with E-state index in [0.717, 1.165) is 38.5 Å². The van der Waals surface area contributed by atoms with E-state index < -0.39 is 6.61 Å². The first-order valence-electron chi connectivity index (χ1n) is 9.50. The van der Waals surface area contributed by atoms with E-state index in [1.165, 1.54) is 44.2 Å². The maximum atomic E-state index is 12.2. The molecule has 27 heavy (non-hydrogen) atoms. The SMILES string of the molecule is FC(F)Oc1ccc(NC(=S)NCC2(N3CCOCC3)CCCCC2)cc1. The maximum Gasteiger partial charge on any atom is 0.387 e. The Morgan fingerprint density at radius 1 is 1.15 bits per heavy atom. The van der Waals surface area contributed by atoms with Gasteiger partial charge in [-0.1, -0.05) is 19.3 Å². The molecule has 3 rings (SSSR count). The third-order valence-corrected chi connectivity index (χ3v) is 5.63. The fourth-order valence-corrected chi connectivity index (χ4v) is 4.18. The summed E-state index contributed by atoms with van der Waals surface area (Å²) in [5.41, 5.74) is 0.862. The van der Waals surface area contributed by atoms with Gasteiger partial charge in [0, 0.05) is 30.9 Å². The highest BCUT2D eigenvalue weighted by atomic mass is 32.1. The summed E-state index contributed by atoms with van der Waals surface area (Å²) in [7, 11) is 0. The predicted molar refractivity (Wildman–Crippen MR) is 106 cm³/mol. The van der Waals surface area contributed by atoms with E-state index in [1.807, 2.05) is 0 Å². The lowest BCUT2D eigenvalue weighted by Crippen LogP contribution is -2.60. The zero-order chi connectivity index (χ0) is 19.1. The zero-order valence-electron chi connectivity index (χ0n) is 15.4. The lowest BCUT2D eigenvalue weighted by atomic mass is 9.80. The Hall–Kier alpha value is -1.51. The Balaban J connectivity index is 1.54. The van der Waals surface area contributed by atoms with Crippen molar-refractivity contribution in [2.45, 2.75) is 44.3 Å². The number of morpholine rings is 1. The van der Waals surface area contributed by atoms with Crippen LogP contribution in [0.4, 0.5) is 14.5 Å². The van der Waals surface area contributed by atoms with E-state index in [9.17, 15) is 8.78 Å². The van der Waals surface area contributed by atoms with Gasteiger partial charge in [-0.15, -0.1) is 0 Å². The van der Waals surface area contributed by atoms with E-state index in [0.29, 0.717) is 5.11 Å². The van der Waals surface area contributed by atoms with E-state index >= 15 is 0 Å². The molecule has 0 bridgehead atoms. The van der Waals surface area contributed by atoms with Crippen molar-refractivity contribution in [2.24, 2.45) is 0 Å². The van der Waals surface area contributed by atoms with Gasteiger partial charge >= 0.3 is 6.61 Å². The van der Waals surface area contributed by atoms with Crippen LogP contribution >= 0.6 is 12.2 Å². The van der Waals surface area contributed by atoms with Crippen LogP contribution in [0.25, 0.3) is 0 Å². The Morgan fingerprint density at radius 2 is 1.81 bits per heavy atom. The molecule has 0 amide bonds. The number of rotatable bonds is 6. The van der Waals surface area contributed by atoms with Crippen LogP contribution in [-0.4, -0.2) is 55.0 Å². The molecule has 1 aromatic carbocycles. The first-order valence-corrected chi connectivity index (χ1v) is 9.91. The van der Waals surface area contributed by atoms with Crippen molar-refractivity contribution in [3.8, 4) is 5.75 Å². The number of halogens is 2. The normalized spacial score (nSPS) is 20.3. The van der Waals surface area contributed by atoms with Crippen LogP contribution in [0, 0.1) is 0 Å². The molecule has 1 saturated carbocycles. The van der Waals surface area contributed by atoms with E-state index in [2.05, 4.69) is 20.3 Å². The molecule has 1 aliphatic heterocycles. The van der Waals surface area contributed by atoms with Crippen molar-refractivity contribution in [1.82, 2.24) is 10.2 Å². The summed E-state index contributed by atoms with van der Waals surface area (Å²) < 4.78 is 34.3. The quantitative estimate of drug-likeness (QED) is 0.713. The van der Waals surface area contributed by atoms with Crippen molar-refractivity contribution < 1.29 is 18.3 Å². The minimum absolute atomic E-state index is 0.128. The third-order valence-electron chi connectivity index (χ3n) is 5.38. The van der Waals surface area contributed by atoms with Crippen molar-refractivity contribution in [1.29, 1.82) is 0 Å². The molecule has 1 aromatic rings. The Kier molecular flexibility index (Phi) is 7.20. The minimum Gasteiger partial charge on any atom is -0.435 e. The molecule has 1 aliphatic carbocycles. The summed E-state index contributed by atoms with van der Waals surface area (Å²) >= 11 is 5.44. The van der Waals surface area contributed by atoms with Crippen LogP contribution in [0.3, 0.4) is 0 Å². The largest absolute Gasteiger partial charge is 0.435 e. The number of ether oxygens (including phenoxy) is 2. The molecule has 1 saturated heterocycles. The molecular formula is C19H27F2N3O2S. The van der Waals surface area contributed by atoms with Gasteiger partial charge < -0.3 is 20.1 Å². The summed E-state index contributed by atoms with van der Waals surface area (Å²) in [5.74, 6) is 0.128. The van der Waals surface area contributed by atoms with Crippen molar-refractivity contribution in [3.05, 3.63) is 24.3 Å². The average molecular weight is 400 g/mol. The standard InChI is InChI=1S/C19H27F2N3O2S/c20-17(21)26-16-6-4-15(5-7-16)23-18(27)22-14-19(8-2-1-3-9-19)24-10-12-25-13-11-24/h4-7,17H,1-3,8-14H2,(H2,22,23,27). The fraction of sp³-hybridized carbons (Fsp3) is 0.632. The van der Waals surface area contributed by atoms with Crippen LogP contribution in [0.2, 0.25) is 0 Å². The van der Waals surface area contributed by atoms with Crippen LogP contribution in [0.1, 0.15) is 32.1 Å². The van der Waals surface area contributed by atoms with Gasteiger partial charge in [-0.3, -0.25) is 4.90 Å². The maximum absolute atomic E-state index is 12.2. The zero-order valence-corrected chi connectivity index (χ0v) is 16.2. The van der Waals surface area contributed by atoms with Crippen molar-refractivity contribution in [2.75, 3.05) is 38.2 Å². The summed E-state index contributed by atoms with van der Waals surface area (Å²) in [5, 5.41) is 7.03. The number of hydrogen-bond acceptors (Lipinski definition) is 4. The fourth-order valence-electron chi connectivity index (χ4n) is 3.99. The lowest BCUT2D eigenvalue weighted by molar-refractivity contribution is -0.0498. The van der Waals surface area contributed by atoms with E-state index in [1.54, 1.807) is 12.1 Å².